The first-order valence-corrected chi connectivity index (χ1v) is 14.9. The Balaban J connectivity index is 1.61. The second-order valence-corrected chi connectivity index (χ2v) is 10.9. The second-order valence-electron chi connectivity index (χ2n) is 10.9. The van der Waals surface area contributed by atoms with Gasteiger partial charge in [-0.25, -0.2) is 0 Å². The molecule has 12 heteroatoms. The lowest BCUT2D eigenvalue weighted by Crippen LogP contribution is -2.56. The molecular weight excluding hydrogens is 540 g/mol. The van der Waals surface area contributed by atoms with Gasteiger partial charge in [0.25, 0.3) is 11.8 Å². The van der Waals surface area contributed by atoms with Crippen LogP contribution in [0.2, 0.25) is 0 Å². The van der Waals surface area contributed by atoms with Gasteiger partial charge in [-0.1, -0.05) is 44.7 Å². The highest BCUT2D eigenvalue weighted by Gasteiger charge is 2.37. The number of aliphatic hydroxyl groups is 1. The molecule has 0 aromatic carbocycles. The van der Waals surface area contributed by atoms with Gasteiger partial charge in [0.1, 0.15) is 17.8 Å². The number of carbonyl (C=O) groups is 5. The van der Waals surface area contributed by atoms with Crippen LogP contribution in [-0.4, -0.2) is 88.4 Å². The number of nitrogens with one attached hydrogen (secondary N) is 4. The Kier molecular flexibility index (Phi) is 12.9. The number of aliphatic hydroxyl groups excluding tert-OH is 1. The summed E-state index contributed by atoms with van der Waals surface area (Å²) in [4.78, 5) is 70.3. The van der Waals surface area contributed by atoms with Crippen molar-refractivity contribution in [2.24, 2.45) is 5.92 Å². The van der Waals surface area contributed by atoms with Gasteiger partial charge in [-0.15, -0.1) is 6.58 Å². The molecule has 0 spiro atoms. The Morgan fingerprint density at radius 2 is 1.81 bits per heavy atom. The van der Waals surface area contributed by atoms with Gasteiger partial charge < -0.3 is 31.3 Å². The molecule has 0 radical (unpaired) electrons. The van der Waals surface area contributed by atoms with Gasteiger partial charge in [0.05, 0.1) is 12.6 Å². The van der Waals surface area contributed by atoms with Crippen molar-refractivity contribution in [1.29, 1.82) is 0 Å². The van der Waals surface area contributed by atoms with Crippen LogP contribution in [0.3, 0.4) is 0 Å². The van der Waals surface area contributed by atoms with Crippen molar-refractivity contribution < 1.29 is 29.1 Å². The van der Waals surface area contributed by atoms with Gasteiger partial charge in [-0.2, -0.15) is 0 Å². The minimum atomic E-state index is -1.45. The summed E-state index contributed by atoms with van der Waals surface area (Å²) in [5, 5.41) is 21.3. The van der Waals surface area contributed by atoms with Crippen LogP contribution in [0.25, 0.3) is 0 Å². The zero-order valence-electron chi connectivity index (χ0n) is 24.3. The fourth-order valence-corrected chi connectivity index (χ4v) is 5.65. The topological polar surface area (TPSA) is 170 Å². The monoisotopic (exact) mass is 584 g/mol. The summed E-state index contributed by atoms with van der Waals surface area (Å²) in [7, 11) is 0. The van der Waals surface area contributed by atoms with Gasteiger partial charge in [-0.05, 0) is 50.2 Å². The van der Waals surface area contributed by atoms with E-state index in [0.29, 0.717) is 32.2 Å². The van der Waals surface area contributed by atoms with Crippen LogP contribution in [0.5, 0.6) is 0 Å². The standard InChI is InChI=1S/C30H44N6O6/c1-3-11-21(26(38)30(42)32-16-4-2)34-28(40)23-15-10-18-36(23)24(37)19-33-29(41)25(20-12-6-5-7-13-20)35-27(39)22-14-8-9-17-31-22/h4,8-9,14,17,20-21,23,25-26,38H,2-3,5-7,10-13,15-16,18-19H2,1H3,(H,32,42)(H,33,41)(H,34,40)(H,35,39)/t21?,23-,25-,26?/m0/s1. The molecule has 5 amide bonds. The predicted octanol–water partition coefficient (Wildman–Crippen LogP) is 0.816. The highest BCUT2D eigenvalue weighted by Crippen LogP contribution is 2.27. The normalized spacial score (nSPS) is 19.2. The maximum atomic E-state index is 13.3. The van der Waals surface area contributed by atoms with Crippen molar-refractivity contribution in [2.45, 2.75) is 88.9 Å². The minimum absolute atomic E-state index is 0.0579. The van der Waals surface area contributed by atoms with Gasteiger partial charge in [0.15, 0.2) is 6.10 Å². The van der Waals surface area contributed by atoms with Crippen molar-refractivity contribution in [3.63, 3.8) is 0 Å². The van der Waals surface area contributed by atoms with Crippen LogP contribution in [-0.2, 0) is 19.2 Å². The van der Waals surface area contributed by atoms with Gasteiger partial charge in [0.2, 0.25) is 17.7 Å². The van der Waals surface area contributed by atoms with E-state index in [9.17, 15) is 29.1 Å². The molecule has 2 heterocycles. The van der Waals surface area contributed by atoms with E-state index in [4.69, 9.17) is 0 Å². The summed E-state index contributed by atoms with van der Waals surface area (Å²) in [5.41, 5.74) is 0.206. The van der Waals surface area contributed by atoms with E-state index in [1.165, 1.54) is 17.2 Å². The van der Waals surface area contributed by atoms with Crippen LogP contribution in [0.15, 0.2) is 37.1 Å². The average Bonchev–Trinajstić information content (AvgIpc) is 3.52. The first kappa shape index (κ1) is 32.7. The largest absolute Gasteiger partial charge is 0.381 e. The molecule has 2 unspecified atom stereocenters. The van der Waals surface area contributed by atoms with Crippen LogP contribution in [0, 0.1) is 5.92 Å². The minimum Gasteiger partial charge on any atom is -0.381 e. The number of hydrogen-bond acceptors (Lipinski definition) is 7. The van der Waals surface area contributed by atoms with E-state index >= 15 is 0 Å². The lowest BCUT2D eigenvalue weighted by Gasteiger charge is -2.31. The quantitative estimate of drug-likeness (QED) is 0.202. The van der Waals surface area contributed by atoms with E-state index in [1.54, 1.807) is 18.2 Å². The Labute approximate surface area is 247 Å². The molecule has 1 aliphatic carbocycles. The van der Waals surface area contributed by atoms with Crippen molar-refractivity contribution in [1.82, 2.24) is 31.2 Å². The number of rotatable bonds is 14. The second kappa shape index (κ2) is 16.6. The molecule has 5 N–H and O–H groups in total. The van der Waals surface area contributed by atoms with Crippen LogP contribution < -0.4 is 21.3 Å². The lowest BCUT2D eigenvalue weighted by molar-refractivity contribution is -0.140. The summed E-state index contributed by atoms with van der Waals surface area (Å²) < 4.78 is 0. The summed E-state index contributed by atoms with van der Waals surface area (Å²) in [5.74, 6) is -2.45. The van der Waals surface area contributed by atoms with E-state index in [-0.39, 0.29) is 24.7 Å². The van der Waals surface area contributed by atoms with Crippen molar-refractivity contribution in [3.8, 4) is 0 Å². The maximum absolute atomic E-state index is 13.3. The third kappa shape index (κ3) is 9.10. The molecule has 2 aliphatic rings. The summed E-state index contributed by atoms with van der Waals surface area (Å²) in [6.07, 6.45) is 8.15. The fraction of sp³-hybridized carbons (Fsp3) is 0.600. The number of nitrogens with zero attached hydrogens (tertiary/aromatic N) is 2. The zero-order valence-corrected chi connectivity index (χ0v) is 24.3. The number of hydrogen-bond donors (Lipinski definition) is 5. The third-order valence-corrected chi connectivity index (χ3v) is 7.88. The molecule has 1 aromatic rings. The molecule has 1 saturated carbocycles. The van der Waals surface area contributed by atoms with Crippen molar-refractivity contribution in [2.75, 3.05) is 19.6 Å². The van der Waals surface area contributed by atoms with E-state index in [2.05, 4.69) is 32.8 Å². The highest BCUT2D eigenvalue weighted by atomic mass is 16.3. The highest BCUT2D eigenvalue weighted by molar-refractivity contribution is 5.97. The van der Waals surface area contributed by atoms with Crippen LogP contribution in [0.4, 0.5) is 0 Å². The molecule has 42 heavy (non-hydrogen) atoms. The molecule has 2 fully saturated rings. The molecule has 1 aliphatic heterocycles. The Hall–Kier alpha value is -3.80. The first-order chi connectivity index (χ1) is 20.3. The Bertz CT molecular complexity index is 1090. The SMILES string of the molecule is C=CCNC(=O)C(O)C(CCC)NC(=O)[C@@H]1CCCN1C(=O)CNC(=O)[C@@H](NC(=O)c1ccccn1)C1CCCCC1. The number of amides is 5. The molecule has 1 aromatic heterocycles. The van der Waals surface area contributed by atoms with Crippen LogP contribution in [0.1, 0.15) is 75.2 Å². The summed E-state index contributed by atoms with van der Waals surface area (Å²) in [6.45, 7) is 5.62. The molecule has 12 nitrogen and oxygen atoms in total. The number of pyridine rings is 1. The van der Waals surface area contributed by atoms with Crippen molar-refractivity contribution in [3.05, 3.63) is 42.7 Å². The summed E-state index contributed by atoms with van der Waals surface area (Å²) >= 11 is 0. The van der Waals surface area contributed by atoms with Crippen molar-refractivity contribution >= 4 is 29.5 Å². The smallest absolute Gasteiger partial charge is 0.270 e. The molecule has 3 rings (SSSR count). The summed E-state index contributed by atoms with van der Waals surface area (Å²) in [6, 6.07) is 2.56. The Morgan fingerprint density at radius 1 is 1.05 bits per heavy atom. The number of likely N-dealkylation sites (tertiary alicyclic amines) is 1. The molecule has 230 valence electrons. The molecule has 0 bridgehead atoms. The van der Waals surface area contributed by atoms with E-state index < -0.39 is 53.8 Å². The number of aromatic nitrogens is 1. The van der Waals surface area contributed by atoms with Gasteiger partial charge in [-0.3, -0.25) is 29.0 Å². The van der Waals surface area contributed by atoms with Gasteiger partial charge in [0, 0.05) is 19.3 Å². The van der Waals surface area contributed by atoms with E-state index in [0.717, 1.165) is 32.1 Å². The first-order valence-electron chi connectivity index (χ1n) is 14.9. The zero-order chi connectivity index (χ0) is 30.5. The Morgan fingerprint density at radius 3 is 2.48 bits per heavy atom. The molecular formula is C30H44N6O6. The molecule has 1 saturated heterocycles. The molecule has 4 atom stereocenters. The fourth-order valence-electron chi connectivity index (χ4n) is 5.65. The number of carbonyl (C=O) groups excluding carboxylic acids is 5. The predicted molar refractivity (Wildman–Crippen MR) is 156 cm³/mol. The average molecular weight is 585 g/mol. The lowest BCUT2D eigenvalue weighted by atomic mass is 9.83. The van der Waals surface area contributed by atoms with Gasteiger partial charge >= 0.3 is 0 Å². The maximum Gasteiger partial charge on any atom is 0.270 e. The third-order valence-electron chi connectivity index (χ3n) is 7.88. The van der Waals surface area contributed by atoms with E-state index in [1.807, 2.05) is 6.92 Å². The van der Waals surface area contributed by atoms with Crippen LogP contribution >= 0.6 is 0 Å².